The highest BCUT2D eigenvalue weighted by atomic mass is 16.6. The summed E-state index contributed by atoms with van der Waals surface area (Å²) in [6.07, 6.45) is 5.47. The van der Waals surface area contributed by atoms with E-state index in [4.69, 9.17) is 4.74 Å². The van der Waals surface area contributed by atoms with Gasteiger partial charge in [-0.05, 0) is 50.7 Å². The SMILES string of the molecule is CCOC(=O)N1CCC(NC(=O)c2ccc(N3CCCC(C)C3)cn2)CC1. The van der Waals surface area contributed by atoms with Crippen molar-refractivity contribution in [2.75, 3.05) is 37.7 Å². The van der Waals surface area contributed by atoms with Crippen LogP contribution in [0.25, 0.3) is 0 Å². The number of likely N-dealkylation sites (tertiary alicyclic amines) is 1. The van der Waals surface area contributed by atoms with Gasteiger partial charge in [0.2, 0.25) is 0 Å². The third-order valence-corrected chi connectivity index (χ3v) is 5.36. The predicted octanol–water partition coefficient (Wildman–Crippen LogP) is 2.67. The normalized spacial score (nSPS) is 21.0. The van der Waals surface area contributed by atoms with Crippen LogP contribution in [0.15, 0.2) is 18.3 Å². The number of piperidine rings is 2. The number of aromatic nitrogens is 1. The molecule has 0 radical (unpaired) electrons. The van der Waals surface area contributed by atoms with Crippen LogP contribution < -0.4 is 10.2 Å². The van der Waals surface area contributed by atoms with Crippen LogP contribution in [0.5, 0.6) is 0 Å². The van der Waals surface area contributed by atoms with Gasteiger partial charge in [0.15, 0.2) is 0 Å². The Balaban J connectivity index is 1.49. The molecule has 7 nitrogen and oxygen atoms in total. The van der Waals surface area contributed by atoms with Gasteiger partial charge in [-0.2, -0.15) is 0 Å². The molecule has 0 aliphatic carbocycles. The molecule has 1 N–H and O–H groups in total. The molecule has 27 heavy (non-hydrogen) atoms. The number of hydrogen-bond acceptors (Lipinski definition) is 5. The molecule has 1 aromatic rings. The van der Waals surface area contributed by atoms with Gasteiger partial charge in [0.25, 0.3) is 5.91 Å². The lowest BCUT2D eigenvalue weighted by Crippen LogP contribution is -2.46. The summed E-state index contributed by atoms with van der Waals surface area (Å²) in [4.78, 5) is 32.6. The topological polar surface area (TPSA) is 74.8 Å². The molecule has 3 rings (SSSR count). The third kappa shape index (κ3) is 5.11. The van der Waals surface area contributed by atoms with Gasteiger partial charge in [-0.25, -0.2) is 9.78 Å². The van der Waals surface area contributed by atoms with Gasteiger partial charge in [0.05, 0.1) is 18.5 Å². The first-order chi connectivity index (χ1) is 13.1. The van der Waals surface area contributed by atoms with Gasteiger partial charge < -0.3 is 19.9 Å². The van der Waals surface area contributed by atoms with Crippen LogP contribution in [0.4, 0.5) is 10.5 Å². The molecular formula is C20H30N4O3. The maximum absolute atomic E-state index is 12.5. The van der Waals surface area contributed by atoms with Crippen LogP contribution in [0.2, 0.25) is 0 Å². The van der Waals surface area contributed by atoms with Crippen molar-refractivity contribution < 1.29 is 14.3 Å². The second kappa shape index (κ2) is 9.06. The quantitative estimate of drug-likeness (QED) is 0.877. The number of carbonyl (C=O) groups excluding carboxylic acids is 2. The highest BCUT2D eigenvalue weighted by Gasteiger charge is 2.25. The van der Waals surface area contributed by atoms with Crippen LogP contribution in [-0.4, -0.2) is 60.7 Å². The molecule has 1 unspecified atom stereocenters. The van der Waals surface area contributed by atoms with Crippen LogP contribution in [0, 0.1) is 5.92 Å². The van der Waals surface area contributed by atoms with E-state index >= 15 is 0 Å². The minimum atomic E-state index is -0.272. The lowest BCUT2D eigenvalue weighted by atomic mass is 10.00. The van der Waals surface area contributed by atoms with Crippen molar-refractivity contribution in [2.45, 2.75) is 45.6 Å². The van der Waals surface area contributed by atoms with E-state index in [1.807, 2.05) is 6.07 Å². The molecule has 2 aliphatic rings. The fourth-order valence-electron chi connectivity index (χ4n) is 3.81. The third-order valence-electron chi connectivity index (χ3n) is 5.36. The van der Waals surface area contributed by atoms with Crippen LogP contribution >= 0.6 is 0 Å². The molecule has 148 valence electrons. The first kappa shape index (κ1) is 19.5. The molecule has 7 heteroatoms. The number of carbonyl (C=O) groups is 2. The molecule has 2 aliphatic heterocycles. The Hall–Kier alpha value is -2.31. The molecule has 3 heterocycles. The Morgan fingerprint density at radius 3 is 2.63 bits per heavy atom. The molecule has 2 saturated heterocycles. The van der Waals surface area contributed by atoms with Crippen LogP contribution in [-0.2, 0) is 4.74 Å². The predicted molar refractivity (Wildman–Crippen MR) is 104 cm³/mol. The minimum Gasteiger partial charge on any atom is -0.450 e. The fourth-order valence-corrected chi connectivity index (χ4v) is 3.81. The minimum absolute atomic E-state index is 0.0626. The molecule has 1 aromatic heterocycles. The van der Waals surface area contributed by atoms with Crippen molar-refractivity contribution >= 4 is 17.7 Å². The number of ether oxygens (including phenoxy) is 1. The molecule has 2 amide bonds. The largest absolute Gasteiger partial charge is 0.450 e. The van der Waals surface area contributed by atoms with Gasteiger partial charge in [-0.1, -0.05) is 6.92 Å². The molecule has 1 atom stereocenters. The summed E-state index contributed by atoms with van der Waals surface area (Å²) in [6.45, 7) is 7.76. The summed E-state index contributed by atoms with van der Waals surface area (Å²) in [5.41, 5.74) is 1.53. The monoisotopic (exact) mass is 374 g/mol. The Labute approximate surface area is 161 Å². The van der Waals surface area contributed by atoms with Crippen molar-refractivity contribution in [1.82, 2.24) is 15.2 Å². The second-order valence-electron chi connectivity index (χ2n) is 7.53. The van der Waals surface area contributed by atoms with Gasteiger partial charge in [0.1, 0.15) is 5.69 Å². The zero-order valence-electron chi connectivity index (χ0n) is 16.3. The lowest BCUT2D eigenvalue weighted by molar-refractivity contribution is 0.0856. The standard InChI is InChI=1S/C20H30N4O3/c1-3-27-20(26)23-11-8-16(9-12-23)22-19(25)18-7-6-17(13-21-18)24-10-4-5-15(2)14-24/h6-7,13,15-16H,3-5,8-12,14H2,1-2H3,(H,22,25). The smallest absolute Gasteiger partial charge is 0.409 e. The molecule has 2 fully saturated rings. The summed E-state index contributed by atoms with van der Waals surface area (Å²) in [5.74, 6) is 0.547. The summed E-state index contributed by atoms with van der Waals surface area (Å²) in [7, 11) is 0. The molecule has 0 bridgehead atoms. The van der Waals surface area contributed by atoms with Crippen LogP contribution in [0.1, 0.15) is 50.0 Å². The van der Waals surface area contributed by atoms with Crippen molar-refractivity contribution in [2.24, 2.45) is 5.92 Å². The molecule has 0 aromatic carbocycles. The van der Waals surface area contributed by atoms with Gasteiger partial charge >= 0.3 is 6.09 Å². The van der Waals surface area contributed by atoms with Crippen molar-refractivity contribution in [3.63, 3.8) is 0 Å². The van der Waals surface area contributed by atoms with E-state index in [9.17, 15) is 9.59 Å². The van der Waals surface area contributed by atoms with Crippen molar-refractivity contribution in [3.8, 4) is 0 Å². The number of pyridine rings is 1. The highest BCUT2D eigenvalue weighted by Crippen LogP contribution is 2.22. The van der Waals surface area contributed by atoms with E-state index in [1.54, 1.807) is 24.1 Å². The molecule has 0 saturated carbocycles. The van der Waals surface area contributed by atoms with E-state index in [2.05, 4.69) is 22.1 Å². The van der Waals surface area contributed by atoms with E-state index < -0.39 is 0 Å². The first-order valence-electron chi connectivity index (χ1n) is 10.0. The lowest BCUT2D eigenvalue weighted by Gasteiger charge is -2.32. The first-order valence-corrected chi connectivity index (χ1v) is 10.0. The summed E-state index contributed by atoms with van der Waals surface area (Å²) in [6, 6.07) is 3.86. The maximum atomic E-state index is 12.5. The van der Waals surface area contributed by atoms with Crippen molar-refractivity contribution in [3.05, 3.63) is 24.0 Å². The van der Waals surface area contributed by atoms with Gasteiger partial charge in [-0.3, -0.25) is 4.79 Å². The van der Waals surface area contributed by atoms with E-state index in [-0.39, 0.29) is 18.0 Å². The average molecular weight is 374 g/mol. The molecular weight excluding hydrogens is 344 g/mol. The Bertz CT molecular complexity index is 641. The number of nitrogens with one attached hydrogen (secondary N) is 1. The summed E-state index contributed by atoms with van der Waals surface area (Å²) >= 11 is 0. The van der Waals surface area contributed by atoms with E-state index in [0.29, 0.717) is 31.3 Å². The zero-order chi connectivity index (χ0) is 19.2. The number of hydrogen-bond donors (Lipinski definition) is 1. The summed E-state index contributed by atoms with van der Waals surface area (Å²) < 4.78 is 5.02. The van der Waals surface area contributed by atoms with Crippen molar-refractivity contribution in [1.29, 1.82) is 0 Å². The van der Waals surface area contributed by atoms with Gasteiger partial charge in [-0.15, -0.1) is 0 Å². The number of nitrogens with zero attached hydrogens (tertiary/aromatic N) is 3. The Morgan fingerprint density at radius 2 is 2.00 bits per heavy atom. The number of anilines is 1. The highest BCUT2D eigenvalue weighted by molar-refractivity contribution is 5.92. The number of rotatable bonds is 4. The Kier molecular flexibility index (Phi) is 6.53. The van der Waals surface area contributed by atoms with Crippen LogP contribution in [0.3, 0.4) is 0 Å². The van der Waals surface area contributed by atoms with E-state index in [0.717, 1.165) is 31.6 Å². The van der Waals surface area contributed by atoms with E-state index in [1.165, 1.54) is 12.8 Å². The maximum Gasteiger partial charge on any atom is 0.409 e. The molecule has 0 spiro atoms. The second-order valence-corrected chi connectivity index (χ2v) is 7.53. The average Bonchev–Trinajstić information content (AvgIpc) is 2.69. The Morgan fingerprint density at radius 1 is 1.22 bits per heavy atom. The zero-order valence-corrected chi connectivity index (χ0v) is 16.3. The number of amides is 2. The summed E-state index contributed by atoms with van der Waals surface area (Å²) in [5, 5.41) is 3.04. The fraction of sp³-hybridized carbons (Fsp3) is 0.650. The van der Waals surface area contributed by atoms with Gasteiger partial charge in [0, 0.05) is 32.2 Å².